The van der Waals surface area contributed by atoms with Gasteiger partial charge in [0.25, 0.3) is 23.3 Å². The summed E-state index contributed by atoms with van der Waals surface area (Å²) in [6.07, 6.45) is 1.87. The molecule has 9 amide bonds. The molecule has 0 bridgehead atoms. The molecule has 5 aromatic carbocycles. The number of carbonyl (C=O) groups is 11. The summed E-state index contributed by atoms with van der Waals surface area (Å²) in [6, 6.07) is 27.0. The number of cyclic esters (lactones) is 1. The predicted molar refractivity (Wildman–Crippen MR) is 344 cm³/mol. The fourth-order valence-electron chi connectivity index (χ4n) is 12.3. The first-order valence-electron chi connectivity index (χ1n) is 30.8. The SMILES string of the molecule is CCC(=O)N[C@H]1Cc2c(C)c(F)cc3nc4c(c1c23)Cn1c-4cc2c(c1=O)COC(=O)[C@@]2(CC)OC(=O)c1ccccc1CN(C)C(=O)OCc1ccc(NC(=O)CNC(=O)[C@H](Cc2ccccc2)NC(=O)CNC(=O)CNC(=O)c2cc(C)cc(N3C(=O)C=CC3=O)c2)cc1. The molecular weight excluding hydrogens is 1240 g/mol. The molecule has 1 aliphatic carbocycles. The van der Waals surface area contributed by atoms with Gasteiger partial charge in [0.1, 0.15) is 25.1 Å². The summed E-state index contributed by atoms with van der Waals surface area (Å²) in [4.78, 5) is 166. The van der Waals surface area contributed by atoms with Gasteiger partial charge in [-0.2, -0.15) is 0 Å². The van der Waals surface area contributed by atoms with Crippen molar-refractivity contribution in [1.82, 2.24) is 41.0 Å². The van der Waals surface area contributed by atoms with Crippen LogP contribution in [0.5, 0.6) is 0 Å². The summed E-state index contributed by atoms with van der Waals surface area (Å²) in [5, 5.41) is 16.4. The van der Waals surface area contributed by atoms with Crippen LogP contribution in [0.1, 0.15) is 109 Å². The Morgan fingerprint density at radius 2 is 1.48 bits per heavy atom. The molecule has 7 aromatic rings. The minimum absolute atomic E-state index is 0.00295. The lowest BCUT2D eigenvalue weighted by molar-refractivity contribution is -0.173. The van der Waals surface area contributed by atoms with Crippen molar-refractivity contribution in [3.63, 3.8) is 0 Å². The van der Waals surface area contributed by atoms with Gasteiger partial charge in [-0.15, -0.1) is 0 Å². The molecule has 0 saturated heterocycles. The summed E-state index contributed by atoms with van der Waals surface area (Å²) >= 11 is 0. The van der Waals surface area contributed by atoms with E-state index in [1.807, 2.05) is 0 Å². The van der Waals surface area contributed by atoms with Crippen LogP contribution in [0.2, 0.25) is 0 Å². The van der Waals surface area contributed by atoms with Crippen LogP contribution in [0.4, 0.5) is 20.6 Å². The third-order valence-corrected chi connectivity index (χ3v) is 17.2. The van der Waals surface area contributed by atoms with E-state index >= 15 is 4.39 Å². The highest BCUT2D eigenvalue weighted by molar-refractivity contribution is 6.28. The number of pyridine rings is 2. The number of anilines is 2. The normalized spacial score (nSPS) is 15.8. The highest BCUT2D eigenvalue weighted by atomic mass is 19.1. The van der Waals surface area contributed by atoms with Crippen molar-refractivity contribution in [2.45, 2.75) is 97.4 Å². The van der Waals surface area contributed by atoms with Gasteiger partial charge < -0.3 is 55.6 Å². The molecule has 3 aliphatic heterocycles. The minimum atomic E-state index is -2.11. The summed E-state index contributed by atoms with van der Waals surface area (Å²) in [7, 11) is 1.45. The van der Waals surface area contributed by atoms with E-state index in [9.17, 15) is 57.5 Å². The Bertz CT molecular complexity index is 4510. The van der Waals surface area contributed by atoms with Crippen LogP contribution in [-0.2, 0) is 97.3 Å². The van der Waals surface area contributed by atoms with Gasteiger partial charge in [-0.1, -0.05) is 74.5 Å². The van der Waals surface area contributed by atoms with Crippen LogP contribution >= 0.6 is 0 Å². The maximum Gasteiger partial charge on any atom is 0.410 e. The molecule has 0 radical (unpaired) electrons. The number of esters is 2. The Kier molecular flexibility index (Phi) is 18.8. The number of hydrogen-bond donors (Lipinski definition) is 6. The lowest BCUT2D eigenvalue weighted by atomic mass is 9.85. The average Bonchev–Trinajstić information content (AvgIpc) is 1.51. The maximum absolute atomic E-state index is 15.5. The van der Waals surface area contributed by atoms with Gasteiger partial charge in [-0.05, 0) is 108 Å². The van der Waals surface area contributed by atoms with Crippen molar-refractivity contribution in [3.8, 4) is 11.4 Å². The molecule has 0 spiro atoms. The summed E-state index contributed by atoms with van der Waals surface area (Å²) in [5.74, 6) is -7.16. The Morgan fingerprint density at radius 3 is 2.21 bits per heavy atom. The van der Waals surface area contributed by atoms with Gasteiger partial charge in [0, 0.05) is 72.4 Å². The number of ether oxygens (including phenoxy) is 3. The third-order valence-electron chi connectivity index (χ3n) is 17.2. The summed E-state index contributed by atoms with van der Waals surface area (Å²) in [6.45, 7) is 4.38. The zero-order valence-corrected chi connectivity index (χ0v) is 52.8. The number of hydrogen-bond acceptors (Lipinski definition) is 16. The van der Waals surface area contributed by atoms with Crippen LogP contribution in [0.3, 0.4) is 0 Å². The second kappa shape index (κ2) is 27.5. The zero-order chi connectivity index (χ0) is 68.3. The van der Waals surface area contributed by atoms with Crippen molar-refractivity contribution in [3.05, 3.63) is 204 Å². The van der Waals surface area contributed by atoms with Gasteiger partial charge in [-0.25, -0.2) is 28.7 Å². The lowest BCUT2D eigenvalue weighted by Crippen LogP contribution is -2.52. The number of nitrogens with one attached hydrogen (secondary N) is 6. The fourth-order valence-corrected chi connectivity index (χ4v) is 12.3. The van der Waals surface area contributed by atoms with Crippen LogP contribution in [0.25, 0.3) is 22.3 Å². The molecule has 0 saturated carbocycles. The second-order valence-corrected chi connectivity index (χ2v) is 23.5. The lowest BCUT2D eigenvalue weighted by Gasteiger charge is -2.35. The standard InChI is InChI=1S/C70H65FN10O15/c1-6-55(82)76-51-27-46-38(4)50(71)29-52-61(46)62(51)47-34-80-54(63(47)78-52)28-49-48(66(80)90)36-94-68(92)70(49,7-2)96-67(91)45-16-12-11-15-41(45)33-79(5)69(93)95-35-40-17-19-43(20-18-40)75-57(84)32-74-65(89)53(25-39-13-9-8-10-14-39)77-58(85)31-72-56(83)30-73-64(88)42-23-37(3)24-44(26-42)81-59(86)21-22-60(81)87/h8-24,26,28-29,51,53H,6-7,25,27,30-36H2,1-5H3,(H,72,83)(H,73,88)(H,74,89)(H,75,84)(H,76,82)(H,77,85)/t51-,53-,70-/m0/s1. The van der Waals surface area contributed by atoms with E-state index in [0.29, 0.717) is 62.4 Å². The molecule has 3 atom stereocenters. The van der Waals surface area contributed by atoms with Gasteiger partial charge in [-0.3, -0.25) is 43.2 Å². The van der Waals surface area contributed by atoms with Gasteiger partial charge in [0.2, 0.25) is 35.1 Å². The van der Waals surface area contributed by atoms with Crippen molar-refractivity contribution in [2.24, 2.45) is 0 Å². The number of imide groups is 1. The van der Waals surface area contributed by atoms with E-state index in [1.165, 1.54) is 40.8 Å². The molecule has 492 valence electrons. The molecule has 2 aromatic heterocycles. The number of carbonyl (C=O) groups excluding carboxylic acids is 11. The largest absolute Gasteiger partial charge is 0.457 e. The Hall–Kier alpha value is -11.7. The number of rotatable bonds is 22. The first kappa shape index (κ1) is 65.8. The topological polar surface area (TPSA) is 329 Å². The monoisotopic (exact) mass is 1300 g/mol. The molecule has 26 heteroatoms. The Morgan fingerprint density at radius 1 is 0.771 bits per heavy atom. The maximum atomic E-state index is 15.5. The summed E-state index contributed by atoms with van der Waals surface area (Å²) in [5.41, 5.74) is 3.87. The number of halogens is 1. The van der Waals surface area contributed by atoms with Crippen molar-refractivity contribution in [1.29, 1.82) is 0 Å². The van der Waals surface area contributed by atoms with Gasteiger partial charge in [0.05, 0.1) is 65.9 Å². The highest BCUT2D eigenvalue weighted by Gasteiger charge is 2.51. The van der Waals surface area contributed by atoms with Crippen LogP contribution in [0.15, 0.2) is 126 Å². The fraction of sp³-hybridized carbons (Fsp3) is 0.271. The second-order valence-electron chi connectivity index (χ2n) is 23.5. The number of nitrogens with zero attached hydrogens (tertiary/aromatic N) is 4. The molecule has 4 aliphatic rings. The van der Waals surface area contributed by atoms with Gasteiger partial charge >= 0.3 is 18.0 Å². The van der Waals surface area contributed by atoms with E-state index in [-0.39, 0.29) is 72.8 Å². The number of amides is 9. The molecule has 11 rings (SSSR count). The first-order chi connectivity index (χ1) is 46.0. The zero-order valence-electron chi connectivity index (χ0n) is 52.8. The van der Waals surface area contributed by atoms with E-state index in [4.69, 9.17) is 19.2 Å². The average molecular weight is 1310 g/mol. The molecule has 96 heavy (non-hydrogen) atoms. The van der Waals surface area contributed by atoms with E-state index < -0.39 is 115 Å². The quantitative estimate of drug-likeness (QED) is 0.0283. The van der Waals surface area contributed by atoms with E-state index in [2.05, 4.69) is 31.9 Å². The van der Waals surface area contributed by atoms with Crippen LogP contribution in [0, 0.1) is 19.7 Å². The number of aromatic nitrogens is 2. The van der Waals surface area contributed by atoms with Crippen molar-refractivity contribution in [2.75, 3.05) is 36.9 Å². The third kappa shape index (κ3) is 13.4. The summed E-state index contributed by atoms with van der Waals surface area (Å²) < 4.78 is 34.4. The Balaban J connectivity index is 0.672. The molecule has 5 heterocycles. The number of benzene rings is 5. The molecular formula is C70H65FN10O15. The first-order valence-corrected chi connectivity index (χ1v) is 30.8. The highest BCUT2D eigenvalue weighted by Crippen LogP contribution is 2.48. The van der Waals surface area contributed by atoms with E-state index in [1.54, 1.807) is 113 Å². The molecule has 25 nitrogen and oxygen atoms in total. The number of aryl methyl sites for hydroxylation is 1. The van der Waals surface area contributed by atoms with Crippen molar-refractivity contribution < 1.29 is 71.3 Å². The molecule has 0 fully saturated rings. The van der Waals surface area contributed by atoms with Crippen LogP contribution in [-0.4, -0.2) is 112 Å². The number of fused-ring (bicyclic) bond motifs is 5. The molecule has 0 unspecified atom stereocenters. The van der Waals surface area contributed by atoms with Crippen LogP contribution < -0.4 is 42.4 Å². The predicted octanol–water partition coefficient (Wildman–Crippen LogP) is 5.35. The molecule has 6 N–H and O–H groups in total. The minimum Gasteiger partial charge on any atom is -0.457 e. The Labute approximate surface area is 547 Å². The van der Waals surface area contributed by atoms with Gasteiger partial charge in [0.15, 0.2) is 0 Å². The van der Waals surface area contributed by atoms with Crippen molar-refractivity contribution >= 4 is 87.6 Å². The smallest absolute Gasteiger partial charge is 0.410 e. The van der Waals surface area contributed by atoms with E-state index in [0.717, 1.165) is 33.6 Å².